The highest BCUT2D eigenvalue weighted by atomic mass is 32.2. The average Bonchev–Trinajstić information content (AvgIpc) is 2.27. The van der Waals surface area contributed by atoms with Crippen LogP contribution in [0.4, 0.5) is 5.69 Å². The van der Waals surface area contributed by atoms with Crippen molar-refractivity contribution in [3.05, 3.63) is 47.8 Å². The fourth-order valence-corrected chi connectivity index (χ4v) is 2.32. The minimum Gasteiger partial charge on any atom is -0.397 e. The molecule has 1 heterocycles. The van der Waals surface area contributed by atoms with Crippen molar-refractivity contribution in [3.8, 4) is 0 Å². The quantitative estimate of drug-likeness (QED) is 0.859. The molecule has 0 saturated carbocycles. The van der Waals surface area contributed by atoms with Crippen LogP contribution in [-0.4, -0.2) is 4.98 Å². The first-order chi connectivity index (χ1) is 7.66. The topological polar surface area (TPSA) is 38.9 Å². The Bertz CT molecular complexity index is 509. The number of nitrogens with zero attached hydrogens (tertiary/aromatic N) is 1. The van der Waals surface area contributed by atoms with Gasteiger partial charge in [-0.1, -0.05) is 17.8 Å². The smallest absolute Gasteiger partial charge is 0.0642 e. The number of nitrogens with two attached hydrogens (primary N) is 1. The monoisotopic (exact) mass is 230 g/mol. The highest BCUT2D eigenvalue weighted by molar-refractivity contribution is 7.99. The maximum absolute atomic E-state index is 5.85. The first-order valence-corrected chi connectivity index (χ1v) is 5.93. The largest absolute Gasteiger partial charge is 0.397 e. The van der Waals surface area contributed by atoms with E-state index in [1.807, 2.05) is 6.07 Å². The van der Waals surface area contributed by atoms with Crippen LogP contribution in [0, 0.1) is 13.8 Å². The minimum absolute atomic E-state index is 0.728. The van der Waals surface area contributed by atoms with Crippen molar-refractivity contribution in [2.24, 2.45) is 0 Å². The Morgan fingerprint density at radius 3 is 2.62 bits per heavy atom. The summed E-state index contributed by atoms with van der Waals surface area (Å²) in [5.74, 6) is 0. The number of aryl methyl sites for hydroxylation is 2. The van der Waals surface area contributed by atoms with Crippen LogP contribution in [0.1, 0.15) is 11.1 Å². The maximum Gasteiger partial charge on any atom is 0.0642 e. The first kappa shape index (κ1) is 11.0. The van der Waals surface area contributed by atoms with E-state index in [2.05, 4.69) is 37.0 Å². The van der Waals surface area contributed by atoms with E-state index in [4.69, 9.17) is 5.73 Å². The van der Waals surface area contributed by atoms with Gasteiger partial charge in [-0.3, -0.25) is 4.98 Å². The van der Waals surface area contributed by atoms with Crippen molar-refractivity contribution in [2.75, 3.05) is 5.73 Å². The standard InChI is InChI=1S/C13H14N2S/c1-9-3-4-11(7-10(9)2)16-13-5-6-15-8-12(13)14/h3-8H,14H2,1-2H3. The van der Waals surface area contributed by atoms with E-state index in [9.17, 15) is 0 Å². The molecule has 1 aromatic carbocycles. The van der Waals surface area contributed by atoms with Crippen molar-refractivity contribution in [2.45, 2.75) is 23.6 Å². The van der Waals surface area contributed by atoms with Gasteiger partial charge >= 0.3 is 0 Å². The van der Waals surface area contributed by atoms with Crippen LogP contribution in [0.2, 0.25) is 0 Å². The summed E-state index contributed by atoms with van der Waals surface area (Å²) >= 11 is 1.67. The highest BCUT2D eigenvalue weighted by Gasteiger charge is 2.02. The molecule has 16 heavy (non-hydrogen) atoms. The van der Waals surface area contributed by atoms with Crippen LogP contribution in [0.3, 0.4) is 0 Å². The fraction of sp³-hybridized carbons (Fsp3) is 0.154. The van der Waals surface area contributed by atoms with Crippen LogP contribution in [0.5, 0.6) is 0 Å². The lowest BCUT2D eigenvalue weighted by molar-refractivity contribution is 1.25. The van der Waals surface area contributed by atoms with Crippen molar-refractivity contribution >= 4 is 17.4 Å². The van der Waals surface area contributed by atoms with Crippen LogP contribution in [0.25, 0.3) is 0 Å². The second-order valence-corrected chi connectivity index (χ2v) is 4.88. The Labute approximate surface area is 99.9 Å². The Kier molecular flexibility index (Phi) is 3.15. The van der Waals surface area contributed by atoms with Crippen LogP contribution < -0.4 is 5.73 Å². The third-order valence-electron chi connectivity index (χ3n) is 2.52. The van der Waals surface area contributed by atoms with Gasteiger partial charge in [-0.25, -0.2) is 0 Å². The molecule has 2 nitrogen and oxygen atoms in total. The normalized spacial score (nSPS) is 10.4. The summed E-state index contributed by atoms with van der Waals surface area (Å²) in [5.41, 5.74) is 9.20. The van der Waals surface area contributed by atoms with Gasteiger partial charge in [0, 0.05) is 16.0 Å². The van der Waals surface area contributed by atoms with E-state index in [1.54, 1.807) is 24.2 Å². The number of nitrogen functional groups attached to an aromatic ring is 1. The lowest BCUT2D eigenvalue weighted by Crippen LogP contribution is -1.89. The zero-order chi connectivity index (χ0) is 11.5. The number of hydrogen-bond acceptors (Lipinski definition) is 3. The number of aromatic nitrogens is 1. The van der Waals surface area contributed by atoms with Crippen LogP contribution >= 0.6 is 11.8 Å². The van der Waals surface area contributed by atoms with E-state index in [0.29, 0.717) is 0 Å². The van der Waals surface area contributed by atoms with Gasteiger partial charge in [0.1, 0.15) is 0 Å². The summed E-state index contributed by atoms with van der Waals surface area (Å²) in [6, 6.07) is 8.37. The molecule has 0 aliphatic carbocycles. The van der Waals surface area contributed by atoms with Crippen LogP contribution in [0.15, 0.2) is 46.5 Å². The summed E-state index contributed by atoms with van der Waals surface area (Å²) in [6.07, 6.45) is 3.45. The second kappa shape index (κ2) is 4.58. The molecule has 2 rings (SSSR count). The van der Waals surface area contributed by atoms with Gasteiger partial charge in [-0.2, -0.15) is 0 Å². The number of anilines is 1. The molecule has 2 N–H and O–H groups in total. The summed E-state index contributed by atoms with van der Waals surface area (Å²) < 4.78 is 0. The molecular formula is C13H14N2S. The van der Waals surface area contributed by atoms with E-state index in [0.717, 1.165) is 10.6 Å². The van der Waals surface area contributed by atoms with Gasteiger partial charge in [-0.05, 0) is 43.2 Å². The van der Waals surface area contributed by atoms with Gasteiger partial charge in [-0.15, -0.1) is 0 Å². The zero-order valence-corrected chi connectivity index (χ0v) is 10.2. The molecule has 1 aromatic heterocycles. The molecule has 0 amide bonds. The zero-order valence-electron chi connectivity index (χ0n) is 9.40. The molecule has 0 aliphatic rings. The fourth-order valence-electron chi connectivity index (χ4n) is 1.39. The Morgan fingerprint density at radius 1 is 1.12 bits per heavy atom. The Balaban J connectivity index is 2.28. The number of pyridine rings is 1. The van der Waals surface area contributed by atoms with Gasteiger partial charge in [0.2, 0.25) is 0 Å². The molecule has 0 saturated heterocycles. The van der Waals surface area contributed by atoms with E-state index >= 15 is 0 Å². The lowest BCUT2D eigenvalue weighted by atomic mass is 10.1. The van der Waals surface area contributed by atoms with Crippen molar-refractivity contribution in [1.29, 1.82) is 0 Å². The van der Waals surface area contributed by atoms with Gasteiger partial charge in [0.15, 0.2) is 0 Å². The summed E-state index contributed by atoms with van der Waals surface area (Å²) in [7, 11) is 0. The van der Waals surface area contributed by atoms with E-state index in [-0.39, 0.29) is 0 Å². The SMILES string of the molecule is Cc1ccc(Sc2ccncc2N)cc1C. The van der Waals surface area contributed by atoms with E-state index < -0.39 is 0 Å². The minimum atomic E-state index is 0.728. The predicted molar refractivity (Wildman–Crippen MR) is 68.7 cm³/mol. The maximum atomic E-state index is 5.85. The molecule has 0 unspecified atom stereocenters. The van der Waals surface area contributed by atoms with E-state index in [1.165, 1.54) is 16.0 Å². The first-order valence-electron chi connectivity index (χ1n) is 5.11. The molecule has 0 bridgehead atoms. The van der Waals surface area contributed by atoms with Crippen molar-refractivity contribution in [3.63, 3.8) is 0 Å². The average molecular weight is 230 g/mol. The van der Waals surface area contributed by atoms with Crippen molar-refractivity contribution < 1.29 is 0 Å². The predicted octanol–water partition coefficient (Wildman–Crippen LogP) is 3.43. The van der Waals surface area contributed by atoms with Gasteiger partial charge in [0.25, 0.3) is 0 Å². The summed E-state index contributed by atoms with van der Waals surface area (Å²) in [4.78, 5) is 6.24. The molecule has 3 heteroatoms. The van der Waals surface area contributed by atoms with Gasteiger partial charge < -0.3 is 5.73 Å². The van der Waals surface area contributed by atoms with Crippen molar-refractivity contribution in [1.82, 2.24) is 4.98 Å². The molecule has 82 valence electrons. The highest BCUT2D eigenvalue weighted by Crippen LogP contribution is 2.32. The molecule has 0 atom stereocenters. The third kappa shape index (κ3) is 2.36. The number of benzene rings is 1. The second-order valence-electron chi connectivity index (χ2n) is 3.76. The summed E-state index contributed by atoms with van der Waals surface area (Å²) in [6.45, 7) is 4.24. The van der Waals surface area contributed by atoms with Gasteiger partial charge in [0.05, 0.1) is 11.9 Å². The molecule has 0 radical (unpaired) electrons. The molecule has 2 aromatic rings. The van der Waals surface area contributed by atoms with Crippen LogP contribution in [-0.2, 0) is 0 Å². The molecular weight excluding hydrogens is 216 g/mol. The number of hydrogen-bond donors (Lipinski definition) is 1. The Morgan fingerprint density at radius 2 is 1.94 bits per heavy atom. The molecule has 0 aliphatic heterocycles. The third-order valence-corrected chi connectivity index (χ3v) is 3.60. The summed E-state index contributed by atoms with van der Waals surface area (Å²) in [5, 5.41) is 0. The number of rotatable bonds is 2. The Hall–Kier alpha value is -1.48. The molecule has 0 fully saturated rings. The molecule has 0 spiro atoms. The lowest BCUT2D eigenvalue weighted by Gasteiger charge is -2.06.